The first kappa shape index (κ1) is 19.5. The van der Waals surface area contributed by atoms with Gasteiger partial charge in [0, 0.05) is 18.5 Å². The first-order valence-electron chi connectivity index (χ1n) is 9.09. The van der Waals surface area contributed by atoms with Crippen LogP contribution in [0.2, 0.25) is 0 Å². The lowest BCUT2D eigenvalue weighted by atomic mass is 10.1. The molecule has 0 saturated heterocycles. The summed E-state index contributed by atoms with van der Waals surface area (Å²) in [5.74, 6) is -1.49. The molecule has 1 aliphatic rings. The number of ketones is 1. The number of imide groups is 1. The Kier molecular flexibility index (Phi) is 5.68. The van der Waals surface area contributed by atoms with Gasteiger partial charge in [0.1, 0.15) is 0 Å². The molecule has 0 radical (unpaired) electrons. The highest BCUT2D eigenvalue weighted by Crippen LogP contribution is 2.24. The third kappa shape index (κ3) is 4.17. The maximum absolute atomic E-state index is 12.4. The Balaban J connectivity index is 1.46. The van der Waals surface area contributed by atoms with E-state index in [1.807, 2.05) is 26.0 Å². The monoisotopic (exact) mass is 379 g/mol. The maximum atomic E-state index is 12.4. The molecule has 144 valence electrons. The molecule has 1 heterocycles. The normalized spacial score (nSPS) is 12.9. The van der Waals surface area contributed by atoms with Gasteiger partial charge in [-0.2, -0.15) is 0 Å². The number of nitrogens with zero attached hydrogens (tertiary/aromatic N) is 1. The molecule has 6 heteroatoms. The number of carbonyl (C=O) groups excluding carboxylic acids is 4. The van der Waals surface area contributed by atoms with Crippen molar-refractivity contribution < 1.29 is 23.9 Å². The zero-order valence-electron chi connectivity index (χ0n) is 15.9. The van der Waals surface area contributed by atoms with Crippen molar-refractivity contribution >= 4 is 23.6 Å². The van der Waals surface area contributed by atoms with Crippen molar-refractivity contribution in [2.45, 2.75) is 26.7 Å². The summed E-state index contributed by atoms with van der Waals surface area (Å²) in [7, 11) is 0. The smallest absolute Gasteiger partial charge is 0.306 e. The molecule has 0 aromatic heterocycles. The van der Waals surface area contributed by atoms with E-state index in [1.165, 1.54) is 0 Å². The number of carbonyl (C=O) groups is 4. The molecule has 2 aromatic rings. The lowest BCUT2D eigenvalue weighted by molar-refractivity contribution is -0.142. The molecule has 0 spiro atoms. The van der Waals surface area contributed by atoms with E-state index < -0.39 is 5.97 Å². The van der Waals surface area contributed by atoms with Crippen LogP contribution in [0.25, 0.3) is 0 Å². The predicted octanol–water partition coefficient (Wildman–Crippen LogP) is 3.11. The highest BCUT2D eigenvalue weighted by Gasteiger charge is 2.35. The molecule has 2 amide bonds. The van der Waals surface area contributed by atoms with Crippen LogP contribution in [0, 0.1) is 13.8 Å². The molecule has 0 bridgehead atoms. The van der Waals surface area contributed by atoms with Crippen LogP contribution >= 0.6 is 0 Å². The van der Waals surface area contributed by atoms with Crippen LogP contribution in [-0.4, -0.2) is 41.6 Å². The minimum Gasteiger partial charge on any atom is -0.457 e. The first-order valence-corrected chi connectivity index (χ1v) is 9.09. The van der Waals surface area contributed by atoms with Crippen molar-refractivity contribution in [3.05, 3.63) is 70.3 Å². The second-order valence-electron chi connectivity index (χ2n) is 6.86. The van der Waals surface area contributed by atoms with Crippen LogP contribution in [0.5, 0.6) is 0 Å². The van der Waals surface area contributed by atoms with Gasteiger partial charge in [-0.25, -0.2) is 0 Å². The molecular weight excluding hydrogens is 358 g/mol. The SMILES string of the molecule is Cc1ccc(C(=O)COC(=O)CCCN2C(=O)c3ccc(C)cc3C2=O)cc1. The van der Waals surface area contributed by atoms with Gasteiger partial charge in [-0.05, 0) is 32.4 Å². The Morgan fingerprint density at radius 1 is 0.893 bits per heavy atom. The van der Waals surface area contributed by atoms with Crippen LogP contribution < -0.4 is 0 Å². The van der Waals surface area contributed by atoms with Crippen LogP contribution in [0.3, 0.4) is 0 Å². The number of rotatable bonds is 7. The summed E-state index contributed by atoms with van der Waals surface area (Å²) in [6.07, 6.45) is 0.301. The molecule has 1 aliphatic heterocycles. The van der Waals surface area contributed by atoms with E-state index in [4.69, 9.17) is 4.74 Å². The van der Waals surface area contributed by atoms with Crippen LogP contribution in [0.4, 0.5) is 0 Å². The number of ether oxygens (including phenoxy) is 1. The van der Waals surface area contributed by atoms with E-state index in [0.717, 1.165) is 16.0 Å². The van der Waals surface area contributed by atoms with Crippen LogP contribution in [0.1, 0.15) is 55.0 Å². The van der Waals surface area contributed by atoms with Crippen molar-refractivity contribution in [2.24, 2.45) is 0 Å². The number of benzene rings is 2. The Morgan fingerprint density at radius 2 is 1.54 bits per heavy atom. The predicted molar refractivity (Wildman–Crippen MR) is 102 cm³/mol. The van der Waals surface area contributed by atoms with E-state index in [9.17, 15) is 19.2 Å². The Hall–Kier alpha value is -3.28. The average molecular weight is 379 g/mol. The molecule has 0 saturated carbocycles. The average Bonchev–Trinajstić information content (AvgIpc) is 2.91. The summed E-state index contributed by atoms with van der Waals surface area (Å²) in [6.45, 7) is 3.58. The van der Waals surface area contributed by atoms with Crippen LogP contribution in [0.15, 0.2) is 42.5 Å². The van der Waals surface area contributed by atoms with Crippen molar-refractivity contribution in [2.75, 3.05) is 13.2 Å². The Labute approximate surface area is 163 Å². The van der Waals surface area contributed by atoms with Gasteiger partial charge in [0.15, 0.2) is 12.4 Å². The van der Waals surface area contributed by atoms with Gasteiger partial charge in [0.05, 0.1) is 11.1 Å². The molecule has 2 aromatic carbocycles. The first-order chi connectivity index (χ1) is 13.4. The molecule has 3 rings (SSSR count). The van der Waals surface area contributed by atoms with Gasteiger partial charge in [-0.1, -0.05) is 41.5 Å². The summed E-state index contributed by atoms with van der Waals surface area (Å²) in [5.41, 5.74) is 3.22. The van der Waals surface area contributed by atoms with Crippen LogP contribution in [-0.2, 0) is 9.53 Å². The largest absolute Gasteiger partial charge is 0.457 e. The van der Waals surface area contributed by atoms with Gasteiger partial charge in [0.2, 0.25) is 0 Å². The third-order valence-corrected chi connectivity index (χ3v) is 4.63. The van der Waals surface area contributed by atoms with Crippen molar-refractivity contribution in [1.82, 2.24) is 4.90 Å². The highest BCUT2D eigenvalue weighted by atomic mass is 16.5. The second kappa shape index (κ2) is 8.17. The zero-order valence-corrected chi connectivity index (χ0v) is 15.9. The van der Waals surface area contributed by atoms with Crippen molar-refractivity contribution in [3.63, 3.8) is 0 Å². The molecule has 0 unspecified atom stereocenters. The van der Waals surface area contributed by atoms with E-state index in [1.54, 1.807) is 30.3 Å². The number of hydrogen-bond donors (Lipinski definition) is 0. The standard InChI is InChI=1S/C22H21NO5/c1-14-5-8-16(9-6-14)19(24)13-28-20(25)4-3-11-23-21(26)17-10-7-15(2)12-18(17)22(23)27/h5-10,12H,3-4,11,13H2,1-2H3. The second-order valence-corrected chi connectivity index (χ2v) is 6.86. The lowest BCUT2D eigenvalue weighted by Crippen LogP contribution is -2.31. The summed E-state index contributed by atoms with van der Waals surface area (Å²) in [4.78, 5) is 49.7. The Bertz CT molecular complexity index is 946. The topological polar surface area (TPSA) is 80.8 Å². The van der Waals surface area contributed by atoms with Crippen molar-refractivity contribution in [1.29, 1.82) is 0 Å². The summed E-state index contributed by atoms with van der Waals surface area (Å²) >= 11 is 0. The number of fused-ring (bicyclic) bond motifs is 1. The highest BCUT2D eigenvalue weighted by molar-refractivity contribution is 6.21. The summed E-state index contributed by atoms with van der Waals surface area (Å²) < 4.78 is 5.01. The number of Topliss-reactive ketones (excluding diaryl/α,β-unsaturated/α-hetero) is 1. The number of aryl methyl sites for hydroxylation is 2. The summed E-state index contributed by atoms with van der Waals surface area (Å²) in [6, 6.07) is 12.1. The minimum atomic E-state index is -0.534. The molecule has 28 heavy (non-hydrogen) atoms. The van der Waals surface area contributed by atoms with Crippen molar-refractivity contribution in [3.8, 4) is 0 Å². The van der Waals surface area contributed by atoms with E-state index >= 15 is 0 Å². The van der Waals surface area contributed by atoms with Gasteiger partial charge in [0.25, 0.3) is 11.8 Å². The fourth-order valence-corrected chi connectivity index (χ4v) is 3.03. The fraction of sp³-hybridized carbons (Fsp3) is 0.273. The molecular formula is C22H21NO5. The molecule has 0 aliphatic carbocycles. The number of hydrogen-bond acceptors (Lipinski definition) is 5. The molecule has 0 fully saturated rings. The fourth-order valence-electron chi connectivity index (χ4n) is 3.03. The van der Waals surface area contributed by atoms with E-state index in [2.05, 4.69) is 0 Å². The Morgan fingerprint density at radius 3 is 2.25 bits per heavy atom. The van der Waals surface area contributed by atoms with Gasteiger partial charge < -0.3 is 4.74 Å². The molecule has 0 atom stereocenters. The maximum Gasteiger partial charge on any atom is 0.306 e. The van der Waals surface area contributed by atoms with E-state index in [-0.39, 0.29) is 43.6 Å². The zero-order chi connectivity index (χ0) is 20.3. The number of esters is 1. The lowest BCUT2D eigenvalue weighted by Gasteiger charge is -2.13. The molecule has 6 nitrogen and oxygen atoms in total. The third-order valence-electron chi connectivity index (χ3n) is 4.63. The minimum absolute atomic E-state index is 0.0214. The molecule has 0 N–H and O–H groups in total. The quantitative estimate of drug-likeness (QED) is 0.419. The van der Waals surface area contributed by atoms with E-state index in [0.29, 0.717) is 16.7 Å². The van der Waals surface area contributed by atoms with Gasteiger partial charge in [-0.3, -0.25) is 24.1 Å². The van der Waals surface area contributed by atoms with Gasteiger partial charge in [-0.15, -0.1) is 0 Å². The summed E-state index contributed by atoms with van der Waals surface area (Å²) in [5, 5.41) is 0. The number of amides is 2. The van der Waals surface area contributed by atoms with Gasteiger partial charge >= 0.3 is 5.97 Å².